The van der Waals surface area contributed by atoms with E-state index in [0.29, 0.717) is 12.6 Å². The Hall–Kier alpha value is -1.51. The molecule has 0 saturated carbocycles. The standard InChI is InChI=1S/C17H21NO.ClH/c1-14(2)18-12-15-8-10-17(11-9-15)19-13-16-6-4-3-5-7-16;/h3-11,14,18H,12-13H2,1-2H3;1H/p-1. The lowest BCUT2D eigenvalue weighted by molar-refractivity contribution is -0.00000449. The van der Waals surface area contributed by atoms with Crippen LogP contribution in [0.1, 0.15) is 25.0 Å². The predicted molar refractivity (Wildman–Crippen MR) is 79.2 cm³/mol. The summed E-state index contributed by atoms with van der Waals surface area (Å²) in [5, 5.41) is 3.40. The molecule has 2 aromatic rings. The average molecular weight is 291 g/mol. The van der Waals surface area contributed by atoms with E-state index in [4.69, 9.17) is 4.74 Å². The van der Waals surface area contributed by atoms with Gasteiger partial charge >= 0.3 is 0 Å². The molecular weight excluding hydrogens is 270 g/mol. The fourth-order valence-corrected chi connectivity index (χ4v) is 1.77. The highest BCUT2D eigenvalue weighted by molar-refractivity contribution is 5.27. The van der Waals surface area contributed by atoms with Crippen molar-refractivity contribution < 1.29 is 17.1 Å². The van der Waals surface area contributed by atoms with Crippen molar-refractivity contribution in [3.05, 3.63) is 65.7 Å². The molecule has 2 rings (SSSR count). The SMILES string of the molecule is CC(C)NCc1ccc(OCc2ccccc2)cc1.[Cl-]. The normalized spacial score (nSPS) is 10.2. The summed E-state index contributed by atoms with van der Waals surface area (Å²) < 4.78 is 5.75. The van der Waals surface area contributed by atoms with Crippen molar-refractivity contribution in [1.82, 2.24) is 5.32 Å². The molecule has 2 aromatic carbocycles. The second kappa shape index (κ2) is 8.62. The zero-order chi connectivity index (χ0) is 13.5. The second-order valence-electron chi connectivity index (χ2n) is 4.95. The van der Waals surface area contributed by atoms with E-state index in [0.717, 1.165) is 12.3 Å². The Kier molecular flexibility index (Phi) is 7.13. The molecule has 0 unspecified atom stereocenters. The van der Waals surface area contributed by atoms with E-state index in [1.54, 1.807) is 0 Å². The smallest absolute Gasteiger partial charge is 0.119 e. The highest BCUT2D eigenvalue weighted by Gasteiger charge is 1.98. The van der Waals surface area contributed by atoms with Gasteiger partial charge in [0.25, 0.3) is 0 Å². The maximum absolute atomic E-state index is 5.75. The van der Waals surface area contributed by atoms with E-state index in [9.17, 15) is 0 Å². The summed E-state index contributed by atoms with van der Waals surface area (Å²) in [5.74, 6) is 0.914. The molecule has 0 fully saturated rings. The van der Waals surface area contributed by atoms with Gasteiger partial charge in [-0.15, -0.1) is 0 Å². The quantitative estimate of drug-likeness (QED) is 0.848. The van der Waals surface area contributed by atoms with E-state index in [1.807, 2.05) is 30.3 Å². The zero-order valence-electron chi connectivity index (χ0n) is 12.0. The Morgan fingerprint density at radius 1 is 0.900 bits per heavy atom. The van der Waals surface area contributed by atoms with Crippen LogP contribution in [0.25, 0.3) is 0 Å². The summed E-state index contributed by atoms with van der Waals surface area (Å²) >= 11 is 0. The largest absolute Gasteiger partial charge is 1.00 e. The lowest BCUT2D eigenvalue weighted by Crippen LogP contribution is -3.00. The van der Waals surface area contributed by atoms with Gasteiger partial charge in [-0.1, -0.05) is 56.3 Å². The predicted octanol–water partition coefficient (Wildman–Crippen LogP) is 0.768. The Labute approximate surface area is 127 Å². The average Bonchev–Trinajstić information content (AvgIpc) is 2.45. The highest BCUT2D eigenvalue weighted by atomic mass is 35.5. The first-order valence-corrected chi connectivity index (χ1v) is 6.73. The van der Waals surface area contributed by atoms with Gasteiger partial charge < -0.3 is 22.5 Å². The first-order valence-electron chi connectivity index (χ1n) is 6.73. The third-order valence-electron chi connectivity index (χ3n) is 2.89. The Balaban J connectivity index is 0.00000200. The van der Waals surface area contributed by atoms with E-state index in [2.05, 4.69) is 43.4 Å². The number of hydrogen-bond acceptors (Lipinski definition) is 2. The van der Waals surface area contributed by atoms with Crippen molar-refractivity contribution in [3.8, 4) is 5.75 Å². The number of nitrogens with one attached hydrogen (secondary N) is 1. The van der Waals surface area contributed by atoms with Gasteiger partial charge in [0, 0.05) is 12.6 Å². The third kappa shape index (κ3) is 5.64. The Morgan fingerprint density at radius 3 is 2.15 bits per heavy atom. The summed E-state index contributed by atoms with van der Waals surface area (Å²) in [7, 11) is 0. The summed E-state index contributed by atoms with van der Waals surface area (Å²) in [6.07, 6.45) is 0. The van der Waals surface area contributed by atoms with Crippen LogP contribution in [0.4, 0.5) is 0 Å². The molecule has 0 spiro atoms. The van der Waals surface area contributed by atoms with Gasteiger partial charge in [0.2, 0.25) is 0 Å². The van der Waals surface area contributed by atoms with Gasteiger partial charge in [-0.3, -0.25) is 0 Å². The van der Waals surface area contributed by atoms with Crippen LogP contribution >= 0.6 is 0 Å². The number of benzene rings is 2. The van der Waals surface area contributed by atoms with Crippen molar-refractivity contribution in [2.75, 3.05) is 0 Å². The minimum absolute atomic E-state index is 0. The number of hydrogen-bond donors (Lipinski definition) is 1. The molecule has 20 heavy (non-hydrogen) atoms. The molecule has 0 aromatic heterocycles. The highest BCUT2D eigenvalue weighted by Crippen LogP contribution is 2.14. The molecule has 0 aliphatic heterocycles. The Morgan fingerprint density at radius 2 is 1.55 bits per heavy atom. The van der Waals surface area contributed by atoms with Crippen LogP contribution in [0.5, 0.6) is 5.75 Å². The maximum Gasteiger partial charge on any atom is 0.119 e. The van der Waals surface area contributed by atoms with E-state index < -0.39 is 0 Å². The molecule has 0 amide bonds. The van der Waals surface area contributed by atoms with Crippen molar-refractivity contribution in [2.24, 2.45) is 0 Å². The van der Waals surface area contributed by atoms with Crippen LogP contribution in [0.15, 0.2) is 54.6 Å². The van der Waals surface area contributed by atoms with Crippen molar-refractivity contribution in [2.45, 2.75) is 33.0 Å². The van der Waals surface area contributed by atoms with Crippen LogP contribution < -0.4 is 22.5 Å². The summed E-state index contributed by atoms with van der Waals surface area (Å²) in [4.78, 5) is 0. The molecule has 0 saturated heterocycles. The molecule has 0 atom stereocenters. The van der Waals surface area contributed by atoms with Gasteiger partial charge in [0.1, 0.15) is 12.4 Å². The third-order valence-corrected chi connectivity index (χ3v) is 2.89. The summed E-state index contributed by atoms with van der Waals surface area (Å²) in [6.45, 7) is 5.82. The topological polar surface area (TPSA) is 21.3 Å². The maximum atomic E-state index is 5.75. The number of halogens is 1. The van der Waals surface area contributed by atoms with E-state index >= 15 is 0 Å². The Bertz CT molecular complexity index is 482. The lowest BCUT2D eigenvalue weighted by atomic mass is 10.2. The summed E-state index contributed by atoms with van der Waals surface area (Å²) in [6, 6.07) is 19.0. The monoisotopic (exact) mass is 290 g/mol. The fourth-order valence-electron chi connectivity index (χ4n) is 1.77. The van der Waals surface area contributed by atoms with Gasteiger partial charge in [0.05, 0.1) is 0 Å². The fraction of sp³-hybridized carbons (Fsp3) is 0.294. The summed E-state index contributed by atoms with van der Waals surface area (Å²) in [5.41, 5.74) is 2.47. The minimum atomic E-state index is 0. The first-order chi connectivity index (χ1) is 9.24. The molecule has 0 aliphatic rings. The van der Waals surface area contributed by atoms with Crippen LogP contribution in [-0.2, 0) is 13.2 Å². The molecule has 0 radical (unpaired) electrons. The van der Waals surface area contributed by atoms with Gasteiger partial charge in [-0.2, -0.15) is 0 Å². The van der Waals surface area contributed by atoms with E-state index in [1.165, 1.54) is 11.1 Å². The second-order valence-corrected chi connectivity index (χ2v) is 4.95. The molecule has 0 bridgehead atoms. The molecule has 3 heteroatoms. The minimum Gasteiger partial charge on any atom is -1.00 e. The molecule has 0 heterocycles. The number of ether oxygens (including phenoxy) is 1. The van der Waals surface area contributed by atoms with Crippen LogP contribution in [0.2, 0.25) is 0 Å². The zero-order valence-corrected chi connectivity index (χ0v) is 12.7. The molecule has 1 N–H and O–H groups in total. The molecular formula is C17H21ClNO-. The number of rotatable bonds is 6. The van der Waals surface area contributed by atoms with Crippen LogP contribution in [-0.4, -0.2) is 6.04 Å². The van der Waals surface area contributed by atoms with Gasteiger partial charge in [-0.25, -0.2) is 0 Å². The van der Waals surface area contributed by atoms with Crippen molar-refractivity contribution in [3.63, 3.8) is 0 Å². The van der Waals surface area contributed by atoms with Gasteiger partial charge in [0.15, 0.2) is 0 Å². The molecule has 108 valence electrons. The molecule has 0 aliphatic carbocycles. The van der Waals surface area contributed by atoms with Crippen molar-refractivity contribution in [1.29, 1.82) is 0 Å². The van der Waals surface area contributed by atoms with Crippen molar-refractivity contribution >= 4 is 0 Å². The van der Waals surface area contributed by atoms with Gasteiger partial charge in [-0.05, 0) is 23.3 Å². The van der Waals surface area contributed by atoms with Crippen LogP contribution in [0.3, 0.4) is 0 Å². The van der Waals surface area contributed by atoms with Crippen LogP contribution in [0, 0.1) is 0 Å². The molecule has 2 nitrogen and oxygen atoms in total. The first kappa shape index (κ1) is 16.5. The van der Waals surface area contributed by atoms with E-state index in [-0.39, 0.29) is 12.4 Å². The lowest BCUT2D eigenvalue weighted by Gasteiger charge is -2.09.